The Morgan fingerprint density at radius 1 is 1.31 bits per heavy atom. The van der Waals surface area contributed by atoms with Crippen LogP contribution in [0.2, 0.25) is 0 Å². The van der Waals surface area contributed by atoms with Crippen LogP contribution in [0.15, 0.2) is 17.5 Å². The standard InChI is InChI=1S/C14H23N3O3S2.C2HF3O2/c1-2-16(14(18)12-13-4-3-10-21-13)9-11-22(19,20)17-7-5-15-6-8-17;3-2(4,5)1(6)7/h3-4,10,15H,2,5-9,11-12H2,1H3;(H,6,7). The van der Waals surface area contributed by atoms with Crippen molar-refractivity contribution < 1.29 is 36.3 Å². The van der Waals surface area contributed by atoms with Gasteiger partial charge in [-0.25, -0.2) is 13.2 Å². The number of thiophene rings is 1. The Morgan fingerprint density at radius 3 is 2.34 bits per heavy atom. The fraction of sp³-hybridized carbons (Fsp3) is 0.625. The van der Waals surface area contributed by atoms with Gasteiger partial charge in [0.1, 0.15) is 0 Å². The number of nitrogens with zero attached hydrogens (tertiary/aromatic N) is 2. The molecule has 2 rings (SSSR count). The van der Waals surface area contributed by atoms with E-state index in [1.807, 2.05) is 24.4 Å². The number of halogens is 3. The van der Waals surface area contributed by atoms with Gasteiger partial charge < -0.3 is 15.3 Å². The molecule has 2 N–H and O–H groups in total. The zero-order chi connectivity index (χ0) is 22.1. The van der Waals surface area contributed by atoms with Crippen molar-refractivity contribution in [3.8, 4) is 0 Å². The lowest BCUT2D eigenvalue weighted by atomic mass is 10.3. The molecule has 13 heteroatoms. The number of carbonyl (C=O) groups excluding carboxylic acids is 1. The number of carbonyl (C=O) groups is 2. The number of carboxylic acid groups (broad SMARTS) is 1. The predicted molar refractivity (Wildman–Crippen MR) is 102 cm³/mol. The van der Waals surface area contributed by atoms with E-state index in [2.05, 4.69) is 5.32 Å². The lowest BCUT2D eigenvalue weighted by Crippen LogP contribution is -2.48. The number of piperazine rings is 1. The fourth-order valence-corrected chi connectivity index (χ4v) is 4.55. The molecule has 0 aliphatic carbocycles. The zero-order valence-corrected chi connectivity index (χ0v) is 17.4. The summed E-state index contributed by atoms with van der Waals surface area (Å²) >= 11 is 1.54. The lowest BCUT2D eigenvalue weighted by molar-refractivity contribution is -0.192. The van der Waals surface area contributed by atoms with E-state index in [1.165, 1.54) is 4.31 Å². The van der Waals surface area contributed by atoms with Crippen molar-refractivity contribution in [3.63, 3.8) is 0 Å². The lowest BCUT2D eigenvalue weighted by Gasteiger charge is -2.28. The maximum absolute atomic E-state index is 12.3. The molecular weight excluding hydrogens is 435 g/mol. The van der Waals surface area contributed by atoms with Gasteiger partial charge in [0.15, 0.2) is 0 Å². The van der Waals surface area contributed by atoms with Crippen molar-refractivity contribution in [1.82, 2.24) is 14.5 Å². The number of carboxylic acids is 1. The van der Waals surface area contributed by atoms with Crippen molar-refractivity contribution in [3.05, 3.63) is 22.4 Å². The molecule has 1 fully saturated rings. The normalized spacial score (nSPS) is 15.3. The van der Waals surface area contributed by atoms with E-state index in [0.29, 0.717) is 39.1 Å². The molecule has 1 aliphatic rings. The third-order valence-electron chi connectivity index (χ3n) is 3.97. The van der Waals surface area contributed by atoms with Crippen LogP contribution in [0.4, 0.5) is 13.2 Å². The maximum Gasteiger partial charge on any atom is 0.490 e. The van der Waals surface area contributed by atoms with E-state index in [1.54, 1.807) is 16.2 Å². The number of alkyl halides is 3. The topological polar surface area (TPSA) is 107 Å². The Bertz CT molecular complexity index is 748. The van der Waals surface area contributed by atoms with Crippen LogP contribution in [-0.2, 0) is 26.0 Å². The van der Waals surface area contributed by atoms with Crippen molar-refractivity contribution in [2.75, 3.05) is 45.0 Å². The molecular formula is C16H24F3N3O5S2. The molecule has 0 spiro atoms. The second-order valence-corrected chi connectivity index (χ2v) is 9.12. The molecule has 0 atom stereocenters. The molecule has 8 nitrogen and oxygen atoms in total. The second kappa shape index (κ2) is 11.5. The number of amides is 1. The number of nitrogens with one attached hydrogen (secondary N) is 1. The Hall–Kier alpha value is -1.70. The molecule has 0 bridgehead atoms. The first-order valence-electron chi connectivity index (χ1n) is 8.76. The van der Waals surface area contributed by atoms with Crippen LogP contribution in [0.25, 0.3) is 0 Å². The predicted octanol–water partition coefficient (Wildman–Crippen LogP) is 1.01. The van der Waals surface area contributed by atoms with Gasteiger partial charge in [0.25, 0.3) is 0 Å². The third-order valence-corrected chi connectivity index (χ3v) is 6.70. The SMILES string of the molecule is CCN(CCS(=O)(=O)N1CCNCC1)C(=O)Cc1cccs1.O=C(O)C(F)(F)F. The Kier molecular flexibility index (Phi) is 10.0. The van der Waals surface area contributed by atoms with E-state index in [9.17, 15) is 26.4 Å². The van der Waals surface area contributed by atoms with Gasteiger partial charge in [0.05, 0.1) is 12.2 Å². The monoisotopic (exact) mass is 459 g/mol. The molecule has 1 amide bonds. The number of likely N-dealkylation sites (N-methyl/N-ethyl adjacent to an activating group) is 1. The van der Waals surface area contributed by atoms with Crippen molar-refractivity contribution >= 4 is 33.2 Å². The second-order valence-electron chi connectivity index (χ2n) is 6.00. The molecule has 1 saturated heterocycles. The molecule has 0 unspecified atom stereocenters. The zero-order valence-electron chi connectivity index (χ0n) is 15.8. The van der Waals surface area contributed by atoms with E-state index in [4.69, 9.17) is 9.90 Å². The summed E-state index contributed by atoms with van der Waals surface area (Å²) in [7, 11) is -3.28. The smallest absolute Gasteiger partial charge is 0.475 e. The molecule has 1 aromatic heterocycles. The van der Waals surface area contributed by atoms with E-state index >= 15 is 0 Å². The van der Waals surface area contributed by atoms with E-state index in [-0.39, 0.29) is 18.2 Å². The summed E-state index contributed by atoms with van der Waals surface area (Å²) in [5.74, 6) is -2.77. The highest BCUT2D eigenvalue weighted by Crippen LogP contribution is 2.13. The number of hydrogen-bond donors (Lipinski definition) is 2. The number of sulfonamides is 1. The van der Waals surface area contributed by atoms with Crippen LogP contribution in [0, 0.1) is 0 Å². The molecule has 0 saturated carbocycles. The van der Waals surface area contributed by atoms with Crippen LogP contribution in [0.1, 0.15) is 11.8 Å². The highest BCUT2D eigenvalue weighted by atomic mass is 32.2. The minimum Gasteiger partial charge on any atom is -0.475 e. The average molecular weight is 460 g/mol. The van der Waals surface area contributed by atoms with E-state index in [0.717, 1.165) is 4.88 Å². The number of hydrogen-bond acceptors (Lipinski definition) is 6. The summed E-state index contributed by atoms with van der Waals surface area (Å²) < 4.78 is 57.9. The summed E-state index contributed by atoms with van der Waals surface area (Å²) in [4.78, 5) is 23.8. The largest absolute Gasteiger partial charge is 0.490 e. The molecule has 0 aromatic carbocycles. The third kappa shape index (κ3) is 9.10. The van der Waals surface area contributed by atoms with Crippen LogP contribution < -0.4 is 5.32 Å². The minimum atomic E-state index is -5.08. The van der Waals surface area contributed by atoms with E-state index < -0.39 is 22.2 Å². The van der Waals surface area contributed by atoms with Crippen LogP contribution >= 0.6 is 11.3 Å². The van der Waals surface area contributed by atoms with Gasteiger partial charge in [0.2, 0.25) is 15.9 Å². The Morgan fingerprint density at radius 2 is 1.90 bits per heavy atom. The average Bonchev–Trinajstić information content (AvgIpc) is 3.15. The van der Waals surface area contributed by atoms with Gasteiger partial charge in [-0.1, -0.05) is 6.07 Å². The quantitative estimate of drug-likeness (QED) is 0.630. The summed E-state index contributed by atoms with van der Waals surface area (Å²) in [6, 6.07) is 3.84. The van der Waals surface area contributed by atoms with Gasteiger partial charge in [-0.05, 0) is 18.4 Å². The van der Waals surface area contributed by atoms with Gasteiger partial charge in [0, 0.05) is 44.1 Å². The van der Waals surface area contributed by atoms with Crippen molar-refractivity contribution in [2.24, 2.45) is 0 Å². The summed E-state index contributed by atoms with van der Waals surface area (Å²) in [5, 5.41) is 12.2. The molecule has 2 heterocycles. The number of rotatable bonds is 7. The Labute approximate surface area is 171 Å². The number of aliphatic carboxylic acids is 1. The maximum atomic E-state index is 12.3. The van der Waals surface area contributed by atoms with Gasteiger partial charge in [-0.3, -0.25) is 4.79 Å². The summed E-state index contributed by atoms with van der Waals surface area (Å²) in [5.41, 5.74) is 0. The van der Waals surface area contributed by atoms with Crippen LogP contribution in [-0.4, -0.2) is 85.8 Å². The molecule has 166 valence electrons. The highest BCUT2D eigenvalue weighted by molar-refractivity contribution is 7.89. The molecule has 1 aromatic rings. The molecule has 0 radical (unpaired) electrons. The Balaban J connectivity index is 0.000000516. The van der Waals surface area contributed by atoms with Gasteiger partial charge in [-0.2, -0.15) is 17.5 Å². The van der Waals surface area contributed by atoms with Crippen LogP contribution in [0.5, 0.6) is 0 Å². The van der Waals surface area contributed by atoms with Gasteiger partial charge >= 0.3 is 12.1 Å². The first kappa shape index (κ1) is 25.3. The molecule has 29 heavy (non-hydrogen) atoms. The summed E-state index contributed by atoms with van der Waals surface area (Å²) in [6.07, 6.45) is -4.74. The van der Waals surface area contributed by atoms with Crippen molar-refractivity contribution in [1.29, 1.82) is 0 Å². The van der Waals surface area contributed by atoms with Crippen molar-refractivity contribution in [2.45, 2.75) is 19.5 Å². The highest BCUT2D eigenvalue weighted by Gasteiger charge is 2.38. The van der Waals surface area contributed by atoms with Crippen LogP contribution in [0.3, 0.4) is 0 Å². The minimum absolute atomic E-state index is 0.00296. The fourth-order valence-electron chi connectivity index (χ4n) is 2.41. The first-order chi connectivity index (χ1) is 13.5. The first-order valence-corrected chi connectivity index (χ1v) is 11.2. The van der Waals surface area contributed by atoms with Gasteiger partial charge in [-0.15, -0.1) is 11.3 Å². The molecule has 1 aliphatic heterocycles. The summed E-state index contributed by atoms with van der Waals surface area (Å²) in [6.45, 7) is 5.06.